The monoisotopic (exact) mass is 339 g/mol. The van der Waals surface area contributed by atoms with Gasteiger partial charge in [-0.1, -0.05) is 17.7 Å². The highest BCUT2D eigenvalue weighted by molar-refractivity contribution is 7.92. The maximum Gasteiger partial charge on any atom is 0.248 e. The summed E-state index contributed by atoms with van der Waals surface area (Å²) < 4.78 is 25.3. The Labute approximate surface area is 133 Å². The molecule has 1 aromatic heterocycles. The molecule has 0 unspecified atom stereocenters. The second kappa shape index (κ2) is 6.33. The number of rotatable bonds is 5. The van der Waals surface area contributed by atoms with Crippen LogP contribution in [-0.2, 0) is 16.6 Å². The Balaban J connectivity index is 2.49. The van der Waals surface area contributed by atoms with Crippen molar-refractivity contribution in [2.45, 2.75) is 6.54 Å². The van der Waals surface area contributed by atoms with Gasteiger partial charge >= 0.3 is 0 Å². The minimum Gasteiger partial charge on any atom is -0.366 e. The summed E-state index contributed by atoms with van der Waals surface area (Å²) in [7, 11) is -3.59. The summed E-state index contributed by atoms with van der Waals surface area (Å²) in [5, 5.41) is 0.223. The van der Waals surface area contributed by atoms with Gasteiger partial charge in [0, 0.05) is 16.8 Å². The van der Waals surface area contributed by atoms with Crippen molar-refractivity contribution in [3.8, 4) is 0 Å². The van der Waals surface area contributed by atoms with Crippen molar-refractivity contribution in [1.29, 1.82) is 0 Å². The first-order valence-electron chi connectivity index (χ1n) is 6.25. The van der Waals surface area contributed by atoms with Crippen LogP contribution in [0.3, 0.4) is 0 Å². The van der Waals surface area contributed by atoms with Gasteiger partial charge in [0.1, 0.15) is 0 Å². The van der Waals surface area contributed by atoms with E-state index < -0.39 is 15.9 Å². The van der Waals surface area contributed by atoms with Crippen molar-refractivity contribution >= 4 is 33.2 Å². The van der Waals surface area contributed by atoms with E-state index in [1.54, 1.807) is 24.4 Å². The van der Waals surface area contributed by atoms with Crippen molar-refractivity contribution in [3.63, 3.8) is 0 Å². The number of hydrogen-bond acceptors (Lipinski definition) is 4. The molecular formula is C14H14ClN3O3S. The Kier molecular flexibility index (Phi) is 4.68. The number of hydrogen-bond donors (Lipinski definition) is 1. The number of aromatic nitrogens is 1. The van der Waals surface area contributed by atoms with Crippen LogP contribution in [0.4, 0.5) is 5.69 Å². The van der Waals surface area contributed by atoms with Crippen LogP contribution in [0.15, 0.2) is 42.6 Å². The Hall–Kier alpha value is -2.12. The van der Waals surface area contributed by atoms with Crippen molar-refractivity contribution in [2.24, 2.45) is 5.73 Å². The largest absolute Gasteiger partial charge is 0.366 e. The quantitative estimate of drug-likeness (QED) is 0.898. The molecule has 0 aliphatic carbocycles. The van der Waals surface area contributed by atoms with Gasteiger partial charge in [-0.05, 0) is 30.3 Å². The number of sulfonamides is 1. The van der Waals surface area contributed by atoms with Crippen LogP contribution in [0.1, 0.15) is 16.1 Å². The third-order valence-electron chi connectivity index (χ3n) is 2.89. The average Bonchev–Trinajstić information content (AvgIpc) is 2.44. The number of pyridine rings is 1. The topological polar surface area (TPSA) is 93.4 Å². The van der Waals surface area contributed by atoms with Gasteiger partial charge in [0.05, 0.1) is 24.2 Å². The zero-order chi connectivity index (χ0) is 16.3. The Bertz CT molecular complexity index is 794. The van der Waals surface area contributed by atoms with Gasteiger partial charge in [-0.25, -0.2) is 8.42 Å². The first kappa shape index (κ1) is 16.3. The highest BCUT2D eigenvalue weighted by Gasteiger charge is 2.20. The summed E-state index contributed by atoms with van der Waals surface area (Å²) in [4.78, 5) is 15.4. The second-order valence-corrected chi connectivity index (χ2v) is 7.00. The van der Waals surface area contributed by atoms with E-state index in [4.69, 9.17) is 17.3 Å². The summed E-state index contributed by atoms with van der Waals surface area (Å²) in [6, 6.07) is 9.43. The number of nitrogens with zero attached hydrogens (tertiary/aromatic N) is 2. The van der Waals surface area contributed by atoms with Crippen LogP contribution in [0.5, 0.6) is 0 Å². The van der Waals surface area contributed by atoms with Gasteiger partial charge in [-0.3, -0.25) is 14.1 Å². The predicted octanol–water partition coefficient (Wildman–Crippen LogP) is 1.80. The summed E-state index contributed by atoms with van der Waals surface area (Å²) in [5.74, 6) is -0.685. The fourth-order valence-electron chi connectivity index (χ4n) is 1.90. The summed E-state index contributed by atoms with van der Waals surface area (Å²) in [6.07, 6.45) is 2.64. The minimum absolute atomic E-state index is 0.0260. The zero-order valence-corrected chi connectivity index (χ0v) is 13.3. The third kappa shape index (κ3) is 3.96. The molecule has 2 aromatic rings. The molecule has 6 nitrogen and oxygen atoms in total. The van der Waals surface area contributed by atoms with Crippen molar-refractivity contribution in [3.05, 3.63) is 58.9 Å². The van der Waals surface area contributed by atoms with E-state index in [0.29, 0.717) is 5.69 Å². The average molecular weight is 340 g/mol. The molecule has 0 spiro atoms. The van der Waals surface area contributed by atoms with Crippen LogP contribution in [0, 0.1) is 0 Å². The van der Waals surface area contributed by atoms with Gasteiger partial charge < -0.3 is 5.73 Å². The van der Waals surface area contributed by atoms with Crippen LogP contribution < -0.4 is 10.0 Å². The SMILES string of the molecule is CS(=O)(=O)N(Cc1ccccn1)c1cc(Cl)cc(C(N)=O)c1. The highest BCUT2D eigenvalue weighted by Crippen LogP contribution is 2.25. The van der Waals surface area contributed by atoms with Gasteiger partial charge in [-0.15, -0.1) is 0 Å². The molecule has 8 heteroatoms. The highest BCUT2D eigenvalue weighted by atomic mass is 35.5. The molecule has 1 heterocycles. The minimum atomic E-state index is -3.59. The van der Waals surface area contributed by atoms with Crippen molar-refractivity contribution in [1.82, 2.24) is 4.98 Å². The van der Waals surface area contributed by atoms with Gasteiger partial charge in [0.15, 0.2) is 0 Å². The molecule has 0 bridgehead atoms. The first-order valence-corrected chi connectivity index (χ1v) is 8.48. The van der Waals surface area contributed by atoms with Crippen LogP contribution in [-0.4, -0.2) is 25.6 Å². The lowest BCUT2D eigenvalue weighted by Crippen LogP contribution is -2.30. The molecule has 1 amide bonds. The number of anilines is 1. The molecule has 22 heavy (non-hydrogen) atoms. The van der Waals surface area contributed by atoms with Gasteiger partial charge in [0.2, 0.25) is 15.9 Å². The maximum atomic E-state index is 12.1. The van der Waals surface area contributed by atoms with Crippen molar-refractivity contribution in [2.75, 3.05) is 10.6 Å². The smallest absolute Gasteiger partial charge is 0.248 e. The lowest BCUT2D eigenvalue weighted by atomic mass is 10.2. The van der Waals surface area contributed by atoms with E-state index in [2.05, 4.69) is 4.98 Å². The summed E-state index contributed by atoms with van der Waals surface area (Å²) >= 11 is 5.95. The number of halogens is 1. The number of amides is 1. The molecule has 0 aliphatic heterocycles. The molecule has 1 aromatic carbocycles. The predicted molar refractivity (Wildman–Crippen MR) is 85.2 cm³/mol. The molecule has 2 rings (SSSR count). The summed E-state index contributed by atoms with van der Waals surface area (Å²) in [5.41, 5.74) is 6.19. The number of primary amides is 1. The molecule has 0 aliphatic rings. The molecule has 0 radical (unpaired) electrons. The first-order chi connectivity index (χ1) is 10.3. The molecule has 2 N–H and O–H groups in total. The molecule has 0 saturated heterocycles. The maximum absolute atomic E-state index is 12.1. The van der Waals surface area contributed by atoms with Crippen LogP contribution in [0.25, 0.3) is 0 Å². The van der Waals surface area contributed by atoms with E-state index in [9.17, 15) is 13.2 Å². The molecule has 116 valence electrons. The lowest BCUT2D eigenvalue weighted by Gasteiger charge is -2.22. The van der Waals surface area contributed by atoms with Crippen molar-refractivity contribution < 1.29 is 13.2 Å². The Morgan fingerprint density at radius 1 is 1.32 bits per heavy atom. The number of carbonyl (C=O) groups excluding carboxylic acids is 1. The standard InChI is InChI=1S/C14H14ClN3O3S/c1-22(20,21)18(9-12-4-2-3-5-17-12)13-7-10(14(16)19)6-11(15)8-13/h2-8H,9H2,1H3,(H2,16,19). The molecule has 0 fully saturated rings. The fraction of sp³-hybridized carbons (Fsp3) is 0.143. The van der Waals surface area contributed by atoms with Gasteiger partial charge in [0.25, 0.3) is 0 Å². The van der Waals surface area contributed by atoms with Crippen LogP contribution >= 0.6 is 11.6 Å². The normalized spacial score (nSPS) is 11.2. The van der Waals surface area contributed by atoms with E-state index in [-0.39, 0.29) is 22.8 Å². The summed E-state index contributed by atoms with van der Waals surface area (Å²) in [6.45, 7) is 0.0260. The number of carbonyl (C=O) groups is 1. The van der Waals surface area contributed by atoms with E-state index >= 15 is 0 Å². The lowest BCUT2D eigenvalue weighted by molar-refractivity contribution is 0.100. The third-order valence-corrected chi connectivity index (χ3v) is 4.25. The van der Waals surface area contributed by atoms with E-state index in [1.165, 1.54) is 18.2 Å². The fourth-order valence-corrected chi connectivity index (χ4v) is 2.98. The zero-order valence-electron chi connectivity index (χ0n) is 11.7. The Morgan fingerprint density at radius 2 is 2.05 bits per heavy atom. The second-order valence-electron chi connectivity index (χ2n) is 4.65. The Morgan fingerprint density at radius 3 is 2.59 bits per heavy atom. The van der Waals surface area contributed by atoms with Crippen LogP contribution in [0.2, 0.25) is 5.02 Å². The molecule has 0 saturated carbocycles. The van der Waals surface area contributed by atoms with E-state index in [1.807, 2.05) is 0 Å². The molecule has 0 atom stereocenters. The van der Waals surface area contributed by atoms with Gasteiger partial charge in [-0.2, -0.15) is 0 Å². The number of nitrogens with two attached hydrogens (primary N) is 1. The number of benzene rings is 1. The molecular weight excluding hydrogens is 326 g/mol. The van der Waals surface area contributed by atoms with E-state index in [0.717, 1.165) is 10.6 Å².